The summed E-state index contributed by atoms with van der Waals surface area (Å²) >= 11 is 0. The van der Waals surface area contributed by atoms with Gasteiger partial charge < -0.3 is 9.64 Å². The first-order valence-electron chi connectivity index (χ1n) is 10.3. The lowest BCUT2D eigenvalue weighted by molar-refractivity contribution is 0.0967. The van der Waals surface area contributed by atoms with E-state index < -0.39 is 0 Å². The van der Waals surface area contributed by atoms with Crippen molar-refractivity contribution in [2.24, 2.45) is 17.8 Å². The van der Waals surface area contributed by atoms with Gasteiger partial charge in [0, 0.05) is 32.8 Å². The van der Waals surface area contributed by atoms with E-state index in [1.165, 1.54) is 64.0 Å². The maximum atomic E-state index is 8.88. The van der Waals surface area contributed by atoms with Crippen LogP contribution in [0.3, 0.4) is 0 Å². The number of rotatable bonds is 8. The topological polar surface area (TPSA) is 39.5 Å². The fourth-order valence-electron chi connectivity index (χ4n) is 4.85. The number of nitrogens with zero attached hydrogens (tertiary/aromatic N) is 3. The van der Waals surface area contributed by atoms with Crippen LogP contribution in [0.5, 0.6) is 0 Å². The number of benzene rings is 1. The third kappa shape index (κ3) is 4.46. The minimum atomic E-state index is 0.746. The highest BCUT2D eigenvalue weighted by Gasteiger charge is 2.55. The monoisotopic (exact) mass is 353 g/mol. The molecule has 0 N–H and O–H groups in total. The minimum Gasteiger partial charge on any atom is -0.381 e. The standard InChI is InChI=1S/C22H31N3O/c23-13-18-5-7-19(8-6-18)14-25-15-20-21(16-25)22(20)17-26-12-4-11-24-9-2-1-3-10-24/h5-8,20-22H,1-4,9-12,14-17H2/t20-,21+,22+. The molecule has 1 aromatic carbocycles. The molecule has 2 aliphatic heterocycles. The Morgan fingerprint density at radius 2 is 1.73 bits per heavy atom. The fourth-order valence-corrected chi connectivity index (χ4v) is 4.85. The predicted octanol–water partition coefficient (Wildman–Crippen LogP) is 3.13. The van der Waals surface area contributed by atoms with Crippen molar-refractivity contribution in [3.8, 4) is 6.07 Å². The summed E-state index contributed by atoms with van der Waals surface area (Å²) in [6, 6.07) is 10.2. The summed E-state index contributed by atoms with van der Waals surface area (Å²) in [7, 11) is 0. The molecule has 0 bridgehead atoms. The van der Waals surface area contributed by atoms with Crippen LogP contribution in [0.15, 0.2) is 24.3 Å². The van der Waals surface area contributed by atoms with Crippen LogP contribution in [-0.2, 0) is 11.3 Å². The molecule has 26 heavy (non-hydrogen) atoms. The first-order chi connectivity index (χ1) is 12.8. The second kappa shape index (κ2) is 8.52. The highest BCUT2D eigenvalue weighted by molar-refractivity contribution is 5.31. The van der Waals surface area contributed by atoms with E-state index in [1.54, 1.807) is 0 Å². The van der Waals surface area contributed by atoms with Crippen molar-refractivity contribution in [2.75, 3.05) is 45.9 Å². The van der Waals surface area contributed by atoms with Crippen molar-refractivity contribution < 1.29 is 4.74 Å². The van der Waals surface area contributed by atoms with Crippen LogP contribution in [0.25, 0.3) is 0 Å². The summed E-state index contributed by atoms with van der Waals surface area (Å²) in [6.45, 7) is 9.15. The van der Waals surface area contributed by atoms with E-state index in [0.29, 0.717) is 0 Å². The molecular formula is C22H31N3O. The molecule has 140 valence electrons. The predicted molar refractivity (Wildman–Crippen MR) is 103 cm³/mol. The van der Waals surface area contributed by atoms with Crippen LogP contribution in [0.2, 0.25) is 0 Å². The summed E-state index contributed by atoms with van der Waals surface area (Å²) in [5, 5.41) is 8.88. The van der Waals surface area contributed by atoms with Gasteiger partial charge in [-0.2, -0.15) is 5.26 Å². The Morgan fingerprint density at radius 1 is 1.00 bits per heavy atom. The maximum Gasteiger partial charge on any atom is 0.0991 e. The highest BCUT2D eigenvalue weighted by Crippen LogP contribution is 2.51. The molecule has 1 saturated carbocycles. The van der Waals surface area contributed by atoms with Crippen LogP contribution in [-0.4, -0.2) is 55.7 Å². The van der Waals surface area contributed by atoms with Gasteiger partial charge in [-0.05, 0) is 67.8 Å². The number of hydrogen-bond donors (Lipinski definition) is 0. The molecule has 2 saturated heterocycles. The van der Waals surface area contributed by atoms with Gasteiger partial charge in [0.2, 0.25) is 0 Å². The molecule has 4 heteroatoms. The normalized spacial score (nSPS) is 28.7. The Morgan fingerprint density at radius 3 is 2.42 bits per heavy atom. The van der Waals surface area contributed by atoms with Gasteiger partial charge in [0.15, 0.2) is 0 Å². The van der Waals surface area contributed by atoms with E-state index in [2.05, 4.69) is 28.0 Å². The average Bonchev–Trinajstić information content (AvgIpc) is 3.14. The number of piperidine rings is 2. The summed E-state index contributed by atoms with van der Waals surface area (Å²) in [5.41, 5.74) is 2.06. The molecule has 3 fully saturated rings. The van der Waals surface area contributed by atoms with Crippen LogP contribution >= 0.6 is 0 Å². The molecular weight excluding hydrogens is 322 g/mol. The molecule has 0 unspecified atom stereocenters. The lowest BCUT2D eigenvalue weighted by atomic mass is 10.1. The summed E-state index contributed by atoms with van der Waals surface area (Å²) in [4.78, 5) is 5.16. The molecule has 3 aliphatic rings. The van der Waals surface area contributed by atoms with Crippen molar-refractivity contribution in [3.63, 3.8) is 0 Å². The molecule has 0 spiro atoms. The van der Waals surface area contributed by atoms with Crippen molar-refractivity contribution in [2.45, 2.75) is 32.2 Å². The zero-order valence-electron chi connectivity index (χ0n) is 15.8. The van der Waals surface area contributed by atoms with Crippen LogP contribution in [0, 0.1) is 29.1 Å². The Hall–Kier alpha value is -1.41. The Labute approximate surface area is 157 Å². The fraction of sp³-hybridized carbons (Fsp3) is 0.682. The van der Waals surface area contributed by atoms with Crippen molar-refractivity contribution in [1.82, 2.24) is 9.80 Å². The van der Waals surface area contributed by atoms with Gasteiger partial charge in [-0.25, -0.2) is 0 Å². The average molecular weight is 354 g/mol. The Balaban J connectivity index is 1.08. The van der Waals surface area contributed by atoms with Crippen LogP contribution in [0.4, 0.5) is 0 Å². The molecule has 3 atom stereocenters. The number of ether oxygens (including phenoxy) is 1. The molecule has 2 heterocycles. The quantitative estimate of drug-likeness (QED) is 0.673. The lowest BCUT2D eigenvalue weighted by Gasteiger charge is -2.26. The van der Waals surface area contributed by atoms with Gasteiger partial charge in [0.25, 0.3) is 0 Å². The number of likely N-dealkylation sites (tertiary alicyclic amines) is 2. The van der Waals surface area contributed by atoms with Gasteiger partial charge in [-0.1, -0.05) is 18.6 Å². The summed E-state index contributed by atoms with van der Waals surface area (Å²) < 4.78 is 5.99. The van der Waals surface area contributed by atoms with Crippen molar-refractivity contribution in [3.05, 3.63) is 35.4 Å². The Bertz CT molecular complexity index is 605. The summed E-state index contributed by atoms with van der Waals surface area (Å²) in [5.74, 6) is 2.52. The Kier molecular flexibility index (Phi) is 5.89. The molecule has 0 radical (unpaired) electrons. The molecule has 0 aromatic heterocycles. The summed E-state index contributed by atoms with van der Waals surface area (Å²) in [6.07, 6.45) is 5.36. The lowest BCUT2D eigenvalue weighted by Crippen LogP contribution is -2.31. The van der Waals surface area contributed by atoms with E-state index in [0.717, 1.165) is 43.1 Å². The van der Waals surface area contributed by atoms with Crippen molar-refractivity contribution in [1.29, 1.82) is 5.26 Å². The van der Waals surface area contributed by atoms with Crippen LogP contribution < -0.4 is 0 Å². The molecule has 4 nitrogen and oxygen atoms in total. The van der Waals surface area contributed by atoms with E-state index in [1.807, 2.05) is 12.1 Å². The van der Waals surface area contributed by atoms with Crippen molar-refractivity contribution >= 4 is 0 Å². The third-order valence-corrected chi connectivity index (χ3v) is 6.46. The zero-order chi connectivity index (χ0) is 17.8. The molecule has 0 amide bonds. The van der Waals surface area contributed by atoms with Gasteiger partial charge in [0.05, 0.1) is 18.2 Å². The van der Waals surface area contributed by atoms with Gasteiger partial charge in [-0.15, -0.1) is 0 Å². The zero-order valence-corrected chi connectivity index (χ0v) is 15.8. The first-order valence-corrected chi connectivity index (χ1v) is 10.3. The van der Waals surface area contributed by atoms with E-state index in [-0.39, 0.29) is 0 Å². The maximum absolute atomic E-state index is 8.88. The SMILES string of the molecule is N#Cc1ccc(CN2C[C@@H]3[C@@H](COCCCN4CCCCC4)[C@@H]3C2)cc1. The molecule has 1 aliphatic carbocycles. The van der Waals surface area contributed by atoms with Gasteiger partial charge >= 0.3 is 0 Å². The third-order valence-electron chi connectivity index (χ3n) is 6.46. The smallest absolute Gasteiger partial charge is 0.0991 e. The van der Waals surface area contributed by atoms with Gasteiger partial charge in [0.1, 0.15) is 0 Å². The van der Waals surface area contributed by atoms with Gasteiger partial charge in [-0.3, -0.25) is 4.90 Å². The van der Waals surface area contributed by atoms with Crippen LogP contribution in [0.1, 0.15) is 36.8 Å². The first kappa shape index (κ1) is 18.0. The van der Waals surface area contributed by atoms with E-state index >= 15 is 0 Å². The van der Waals surface area contributed by atoms with E-state index in [9.17, 15) is 0 Å². The number of fused-ring (bicyclic) bond motifs is 1. The highest BCUT2D eigenvalue weighted by atomic mass is 16.5. The second-order valence-corrected chi connectivity index (χ2v) is 8.33. The number of nitriles is 1. The minimum absolute atomic E-state index is 0.746. The molecule has 1 aromatic rings. The largest absolute Gasteiger partial charge is 0.381 e. The molecule has 4 rings (SSSR count). The van der Waals surface area contributed by atoms with E-state index in [4.69, 9.17) is 10.00 Å². The number of hydrogen-bond acceptors (Lipinski definition) is 4. The second-order valence-electron chi connectivity index (χ2n) is 8.33.